The van der Waals surface area contributed by atoms with Gasteiger partial charge in [-0.1, -0.05) is 128 Å². The maximum atomic E-state index is 12.5. The van der Waals surface area contributed by atoms with E-state index in [4.69, 9.17) is 14.2 Å². The Morgan fingerprint density at radius 1 is 0.551 bits per heavy atom. The van der Waals surface area contributed by atoms with E-state index in [0.29, 0.717) is 63.2 Å². The fraction of sp³-hybridized carbons (Fsp3) is 0.262. The van der Waals surface area contributed by atoms with Crippen molar-refractivity contribution in [2.45, 2.75) is 78.8 Å². The lowest BCUT2D eigenvalue weighted by molar-refractivity contribution is -0.138. The smallest absolute Gasteiger partial charge is 0.348 e. The zero-order valence-electron chi connectivity index (χ0n) is 44.7. The summed E-state index contributed by atoms with van der Waals surface area (Å²) in [5.41, 5.74) is 11.1. The second kappa shape index (κ2) is 29.9. The molecule has 0 fully saturated rings. The van der Waals surface area contributed by atoms with Gasteiger partial charge in [-0.15, -0.1) is 0 Å². The summed E-state index contributed by atoms with van der Waals surface area (Å²) in [4.78, 5) is 44.3. The van der Waals surface area contributed by atoms with E-state index in [1.807, 2.05) is 103 Å². The van der Waals surface area contributed by atoms with Crippen LogP contribution in [0.1, 0.15) is 90.1 Å². The molecule has 0 aliphatic heterocycles. The zero-order chi connectivity index (χ0) is 55.8. The van der Waals surface area contributed by atoms with Gasteiger partial charge in [0.25, 0.3) is 0 Å². The topological polar surface area (TPSA) is 180 Å². The molecular weight excluding hydrogens is 977 g/mol. The average molecular weight is 1040 g/mol. The maximum Gasteiger partial charge on any atom is 0.348 e. The van der Waals surface area contributed by atoms with E-state index in [-0.39, 0.29) is 49.2 Å². The highest BCUT2D eigenvalue weighted by molar-refractivity contribution is 5.98. The average Bonchev–Trinajstić information content (AvgIpc) is 3.46. The van der Waals surface area contributed by atoms with E-state index in [1.54, 1.807) is 26.8 Å². The second-order valence-electron chi connectivity index (χ2n) is 18.5. The highest BCUT2D eigenvalue weighted by Crippen LogP contribution is 2.30. The molecule has 398 valence electrons. The number of benzene rings is 5. The lowest BCUT2D eigenvalue weighted by atomic mass is 9.92. The normalized spacial score (nSPS) is 13.5. The van der Waals surface area contributed by atoms with E-state index in [9.17, 15) is 35.3 Å². The van der Waals surface area contributed by atoms with Gasteiger partial charge in [0.05, 0.1) is 26.4 Å². The van der Waals surface area contributed by atoms with Gasteiger partial charge in [0.15, 0.2) is 0 Å². The van der Waals surface area contributed by atoms with Gasteiger partial charge in [-0.05, 0) is 133 Å². The number of esters is 3. The minimum absolute atomic E-state index is 0.0337. The SMILES string of the molecule is C=Cc1ccc(CN(Cc2cc(CN(Cc3ccc(C=C)cc3)c3ccc(/C=C(/C#N)C(=O)OCC)cc3)cc(CN(CCO)C3CC=C(/C=C(/C#N)C(=O)OCC)CC3)c2)c2ccc(/C=C(/C#N)C(=O)OCC)cc2)cc1. The molecule has 1 aliphatic rings. The molecule has 0 spiro atoms. The summed E-state index contributed by atoms with van der Waals surface area (Å²) in [6.07, 6.45) is 12.4. The van der Waals surface area contributed by atoms with Crippen LogP contribution in [-0.4, -0.2) is 66.9 Å². The summed E-state index contributed by atoms with van der Waals surface area (Å²) in [5, 5.41) is 39.7. The Hall–Kier alpha value is -9.06. The Labute approximate surface area is 458 Å². The van der Waals surface area contributed by atoms with E-state index in [1.165, 1.54) is 12.2 Å². The van der Waals surface area contributed by atoms with Crippen LogP contribution in [0.15, 0.2) is 163 Å². The third-order valence-electron chi connectivity index (χ3n) is 13.1. The second-order valence-corrected chi connectivity index (χ2v) is 18.5. The van der Waals surface area contributed by atoms with Crippen molar-refractivity contribution in [2.75, 3.05) is 42.8 Å². The Morgan fingerprint density at radius 3 is 1.27 bits per heavy atom. The molecule has 0 amide bonds. The van der Waals surface area contributed by atoms with Crippen LogP contribution in [0.4, 0.5) is 11.4 Å². The van der Waals surface area contributed by atoms with Crippen molar-refractivity contribution < 1.29 is 33.7 Å². The van der Waals surface area contributed by atoms with E-state index >= 15 is 0 Å². The van der Waals surface area contributed by atoms with Crippen LogP contribution in [-0.2, 0) is 61.3 Å². The molecule has 5 aromatic rings. The predicted octanol–water partition coefficient (Wildman–Crippen LogP) is 11.6. The summed E-state index contributed by atoms with van der Waals surface area (Å²) in [7, 11) is 0. The first-order chi connectivity index (χ1) is 37.9. The number of rotatable bonds is 26. The first-order valence-electron chi connectivity index (χ1n) is 26.1. The molecule has 1 N–H and O–H groups in total. The van der Waals surface area contributed by atoms with Crippen molar-refractivity contribution in [1.82, 2.24) is 4.90 Å². The fourth-order valence-corrected chi connectivity index (χ4v) is 9.17. The number of allylic oxidation sites excluding steroid dienone is 2. The van der Waals surface area contributed by atoms with Gasteiger partial charge in [0.1, 0.15) is 34.9 Å². The van der Waals surface area contributed by atoms with Crippen molar-refractivity contribution in [3.63, 3.8) is 0 Å². The number of hydrogen-bond acceptors (Lipinski definition) is 13. The Bertz CT molecular complexity index is 2990. The van der Waals surface area contributed by atoms with Crippen molar-refractivity contribution in [2.24, 2.45) is 0 Å². The molecule has 13 nitrogen and oxygen atoms in total. The van der Waals surface area contributed by atoms with Crippen LogP contribution < -0.4 is 9.80 Å². The third-order valence-corrected chi connectivity index (χ3v) is 13.1. The van der Waals surface area contributed by atoms with Gasteiger partial charge in [-0.3, -0.25) is 4.90 Å². The van der Waals surface area contributed by atoms with Crippen molar-refractivity contribution in [3.8, 4) is 18.2 Å². The number of nitriles is 3. The number of nitrogens with zero attached hydrogens (tertiary/aromatic N) is 6. The number of aliphatic hydroxyl groups is 1. The molecule has 13 heteroatoms. The van der Waals surface area contributed by atoms with Crippen LogP contribution in [0.2, 0.25) is 0 Å². The zero-order valence-corrected chi connectivity index (χ0v) is 44.7. The summed E-state index contributed by atoms with van der Waals surface area (Å²) in [6.45, 7) is 16.4. The van der Waals surface area contributed by atoms with Gasteiger partial charge in [-0.25, -0.2) is 14.4 Å². The minimum Gasteiger partial charge on any atom is -0.462 e. The summed E-state index contributed by atoms with van der Waals surface area (Å²) < 4.78 is 15.3. The molecule has 6 rings (SSSR count). The molecule has 0 saturated carbocycles. The summed E-state index contributed by atoms with van der Waals surface area (Å²) in [5.74, 6) is -2.00. The van der Waals surface area contributed by atoms with Crippen LogP contribution in [0.3, 0.4) is 0 Å². The van der Waals surface area contributed by atoms with Crippen molar-refractivity contribution in [3.05, 3.63) is 213 Å². The van der Waals surface area contributed by atoms with Crippen LogP contribution in [0.25, 0.3) is 24.3 Å². The first-order valence-corrected chi connectivity index (χ1v) is 26.1. The molecule has 1 aliphatic carbocycles. The molecule has 5 aromatic carbocycles. The standard InChI is InChI=1S/C65H66N6O7/c1-6-47-11-15-52(16-12-47)42-70(61-27-21-50(22-28-61)37-58(40-67)64(74)77-9-4)45-55-33-54(44-69(31-32-72)60-25-19-49(20-26-60)36-57(39-66)63(73)76-8-3)34-56(35-55)46-71(43-53-17-13-48(7-2)14-18-53)62-29-23-51(24-30-62)38-59(41-68)65(75)78-10-5/h6-7,11-19,21-24,27-30,33-38,60,72H,1-2,8-10,20,25-26,31-32,42-46H2,3-5H3/b57-36-,58-37-,59-38-. The van der Waals surface area contributed by atoms with Crippen LogP contribution >= 0.6 is 0 Å². The highest BCUT2D eigenvalue weighted by atomic mass is 16.5. The number of ether oxygens (including phenoxy) is 3. The molecule has 0 saturated heterocycles. The molecule has 0 heterocycles. The summed E-state index contributed by atoms with van der Waals surface area (Å²) >= 11 is 0. The lowest BCUT2D eigenvalue weighted by Crippen LogP contribution is -2.38. The number of anilines is 2. The Kier molecular flexibility index (Phi) is 22.3. The minimum atomic E-state index is -0.678. The quantitative estimate of drug-likeness (QED) is 0.0239. The van der Waals surface area contributed by atoms with Gasteiger partial charge in [0.2, 0.25) is 0 Å². The predicted molar refractivity (Wildman–Crippen MR) is 306 cm³/mol. The molecule has 0 bridgehead atoms. The largest absolute Gasteiger partial charge is 0.462 e. The van der Waals surface area contributed by atoms with Crippen LogP contribution in [0.5, 0.6) is 0 Å². The van der Waals surface area contributed by atoms with E-state index in [2.05, 4.69) is 76.4 Å². The maximum absolute atomic E-state index is 12.5. The van der Waals surface area contributed by atoms with Crippen molar-refractivity contribution in [1.29, 1.82) is 15.8 Å². The first kappa shape index (κ1) is 58.2. The van der Waals surface area contributed by atoms with E-state index < -0.39 is 17.9 Å². The summed E-state index contributed by atoms with van der Waals surface area (Å²) in [6, 6.07) is 44.6. The highest BCUT2D eigenvalue weighted by Gasteiger charge is 2.24. The molecule has 0 aromatic heterocycles. The third kappa shape index (κ3) is 17.0. The molecule has 1 unspecified atom stereocenters. The Balaban J connectivity index is 1.43. The number of aliphatic hydroxyl groups excluding tert-OH is 1. The van der Waals surface area contributed by atoms with Gasteiger partial charge >= 0.3 is 17.9 Å². The number of carbonyl (C=O) groups is 3. The molecule has 78 heavy (non-hydrogen) atoms. The molecule has 1 atom stereocenters. The van der Waals surface area contributed by atoms with Gasteiger partial charge < -0.3 is 29.1 Å². The van der Waals surface area contributed by atoms with Crippen LogP contribution in [0, 0.1) is 34.0 Å². The molecule has 0 radical (unpaired) electrons. The lowest BCUT2D eigenvalue weighted by Gasteiger charge is -2.34. The van der Waals surface area contributed by atoms with Crippen molar-refractivity contribution >= 4 is 53.6 Å². The molecular formula is C65H66N6O7. The monoisotopic (exact) mass is 1040 g/mol. The number of carbonyl (C=O) groups excluding carboxylic acids is 3. The Morgan fingerprint density at radius 2 is 0.923 bits per heavy atom. The van der Waals surface area contributed by atoms with Gasteiger partial charge in [-0.2, -0.15) is 15.8 Å². The number of hydrogen-bond donors (Lipinski definition) is 1. The van der Waals surface area contributed by atoms with E-state index in [0.717, 1.165) is 62.3 Å². The van der Waals surface area contributed by atoms with Gasteiger partial charge in [0, 0.05) is 56.7 Å². The fourth-order valence-electron chi connectivity index (χ4n) is 9.17.